The monoisotopic (exact) mass is 199 g/mol. The molecule has 1 heterocycles. The fourth-order valence-electron chi connectivity index (χ4n) is 1.92. The van der Waals surface area contributed by atoms with Gasteiger partial charge in [0.25, 0.3) is 0 Å². The van der Waals surface area contributed by atoms with Crippen molar-refractivity contribution in [3.8, 4) is 11.8 Å². The number of amides is 1. The fourth-order valence-corrected chi connectivity index (χ4v) is 1.92. The molecule has 1 aliphatic rings. The summed E-state index contributed by atoms with van der Waals surface area (Å²) in [7, 11) is 0. The predicted molar refractivity (Wildman–Crippen MR) is 60.6 cm³/mol. The largest absolute Gasteiger partial charge is 0.302 e. The van der Waals surface area contributed by atoms with Gasteiger partial charge >= 0.3 is 5.91 Å². The van der Waals surface area contributed by atoms with Crippen LogP contribution < -0.4 is 4.90 Å². The number of aryl methyl sites for hydroxylation is 1. The van der Waals surface area contributed by atoms with Gasteiger partial charge in [0.15, 0.2) is 0 Å². The van der Waals surface area contributed by atoms with E-state index in [-0.39, 0.29) is 5.91 Å². The Morgan fingerprint density at radius 2 is 2.20 bits per heavy atom. The summed E-state index contributed by atoms with van der Waals surface area (Å²) in [6.45, 7) is 2.47. The van der Waals surface area contributed by atoms with Crippen LogP contribution in [0.3, 0.4) is 0 Å². The Morgan fingerprint density at radius 3 is 3.00 bits per heavy atom. The second-order valence-electron chi connectivity index (χ2n) is 3.56. The van der Waals surface area contributed by atoms with Crippen molar-refractivity contribution in [3.05, 3.63) is 29.8 Å². The van der Waals surface area contributed by atoms with E-state index in [9.17, 15) is 4.79 Å². The number of benzene rings is 1. The summed E-state index contributed by atoms with van der Waals surface area (Å²) in [4.78, 5) is 13.5. The molecule has 2 rings (SSSR count). The summed E-state index contributed by atoms with van der Waals surface area (Å²) in [6.07, 6.45) is 2.08. The lowest BCUT2D eigenvalue weighted by Crippen LogP contribution is -2.34. The number of anilines is 1. The molecule has 0 radical (unpaired) electrons. The van der Waals surface area contributed by atoms with Crippen molar-refractivity contribution < 1.29 is 4.79 Å². The Balaban J connectivity index is 2.36. The Morgan fingerprint density at radius 1 is 1.40 bits per heavy atom. The number of rotatable bonds is 0. The SMILES string of the molecule is CC#CC(=O)N1CCCc2ccccc21. The van der Waals surface area contributed by atoms with Crippen LogP contribution in [0, 0.1) is 11.8 Å². The molecule has 0 aromatic heterocycles. The van der Waals surface area contributed by atoms with Crippen LogP contribution in [0.1, 0.15) is 18.9 Å². The highest BCUT2D eigenvalue weighted by atomic mass is 16.2. The third kappa shape index (κ3) is 1.87. The highest BCUT2D eigenvalue weighted by Crippen LogP contribution is 2.26. The van der Waals surface area contributed by atoms with E-state index < -0.39 is 0 Å². The average molecular weight is 199 g/mol. The van der Waals surface area contributed by atoms with Gasteiger partial charge in [-0.3, -0.25) is 4.79 Å². The first-order valence-electron chi connectivity index (χ1n) is 5.15. The van der Waals surface area contributed by atoms with Gasteiger partial charge in [-0.1, -0.05) is 24.1 Å². The number of para-hydroxylation sites is 1. The molecule has 1 amide bonds. The van der Waals surface area contributed by atoms with E-state index in [0.717, 1.165) is 25.1 Å². The van der Waals surface area contributed by atoms with Gasteiger partial charge in [0.05, 0.1) is 0 Å². The van der Waals surface area contributed by atoms with E-state index in [4.69, 9.17) is 0 Å². The number of hydrogen-bond donors (Lipinski definition) is 0. The number of hydrogen-bond acceptors (Lipinski definition) is 1. The van der Waals surface area contributed by atoms with E-state index in [0.29, 0.717) is 0 Å². The van der Waals surface area contributed by atoms with Gasteiger partial charge in [-0.2, -0.15) is 0 Å². The molecule has 0 atom stereocenters. The van der Waals surface area contributed by atoms with Crippen LogP contribution in [0.4, 0.5) is 5.69 Å². The summed E-state index contributed by atoms with van der Waals surface area (Å²) >= 11 is 0. The molecule has 0 saturated heterocycles. The molecule has 0 saturated carbocycles. The van der Waals surface area contributed by atoms with Crippen molar-refractivity contribution in [3.63, 3.8) is 0 Å². The smallest absolute Gasteiger partial charge is 0.301 e. The van der Waals surface area contributed by atoms with Crippen LogP contribution in [0.25, 0.3) is 0 Å². The maximum absolute atomic E-state index is 11.7. The minimum Gasteiger partial charge on any atom is -0.301 e. The maximum atomic E-state index is 11.7. The van der Waals surface area contributed by atoms with Gasteiger partial charge in [-0.15, -0.1) is 0 Å². The topological polar surface area (TPSA) is 20.3 Å². The number of fused-ring (bicyclic) bond motifs is 1. The van der Waals surface area contributed by atoms with Crippen LogP contribution in [-0.4, -0.2) is 12.5 Å². The van der Waals surface area contributed by atoms with E-state index in [2.05, 4.69) is 17.9 Å². The molecule has 1 aromatic rings. The maximum Gasteiger partial charge on any atom is 0.302 e. The third-order valence-electron chi connectivity index (χ3n) is 2.59. The lowest BCUT2D eigenvalue weighted by Gasteiger charge is -2.27. The molecule has 76 valence electrons. The van der Waals surface area contributed by atoms with Crippen LogP contribution in [0.2, 0.25) is 0 Å². The van der Waals surface area contributed by atoms with E-state index in [1.807, 2.05) is 18.2 Å². The highest BCUT2D eigenvalue weighted by molar-refractivity contribution is 6.06. The van der Waals surface area contributed by atoms with Gasteiger partial charge in [0.1, 0.15) is 0 Å². The Hall–Kier alpha value is -1.75. The summed E-state index contributed by atoms with van der Waals surface area (Å²) in [5, 5.41) is 0. The quantitative estimate of drug-likeness (QED) is 0.585. The first-order valence-corrected chi connectivity index (χ1v) is 5.15. The lowest BCUT2D eigenvalue weighted by molar-refractivity contribution is -0.113. The van der Waals surface area contributed by atoms with Crippen LogP contribution >= 0.6 is 0 Å². The number of carbonyl (C=O) groups excluding carboxylic acids is 1. The summed E-state index contributed by atoms with van der Waals surface area (Å²) in [6, 6.07) is 8.04. The molecule has 1 aliphatic heterocycles. The lowest BCUT2D eigenvalue weighted by atomic mass is 10.0. The minimum absolute atomic E-state index is 0.0929. The van der Waals surface area contributed by atoms with E-state index in [1.165, 1.54) is 5.56 Å². The van der Waals surface area contributed by atoms with Crippen molar-refractivity contribution in [2.24, 2.45) is 0 Å². The first kappa shape index (κ1) is 9.79. The molecule has 0 unspecified atom stereocenters. The van der Waals surface area contributed by atoms with Crippen molar-refractivity contribution >= 4 is 11.6 Å². The molecule has 1 aromatic carbocycles. The van der Waals surface area contributed by atoms with Crippen LogP contribution in [0.5, 0.6) is 0 Å². The Bertz CT molecular complexity index is 439. The zero-order valence-corrected chi connectivity index (χ0v) is 8.79. The number of carbonyl (C=O) groups is 1. The molecular weight excluding hydrogens is 186 g/mol. The van der Waals surface area contributed by atoms with Crippen molar-refractivity contribution in [1.82, 2.24) is 0 Å². The molecule has 0 N–H and O–H groups in total. The van der Waals surface area contributed by atoms with Gasteiger partial charge in [-0.25, -0.2) is 0 Å². The minimum atomic E-state index is -0.0929. The standard InChI is InChI=1S/C13H13NO/c1-2-6-13(15)14-10-5-8-11-7-3-4-9-12(11)14/h3-4,7,9H,5,8,10H2,1H3. The highest BCUT2D eigenvalue weighted by Gasteiger charge is 2.20. The first-order chi connectivity index (χ1) is 7.33. The van der Waals surface area contributed by atoms with Crippen molar-refractivity contribution in [1.29, 1.82) is 0 Å². The molecule has 0 bridgehead atoms. The summed E-state index contributed by atoms with van der Waals surface area (Å²) in [5.74, 6) is 5.15. The number of nitrogens with zero attached hydrogens (tertiary/aromatic N) is 1. The van der Waals surface area contributed by atoms with Crippen molar-refractivity contribution in [2.75, 3.05) is 11.4 Å². The molecular formula is C13H13NO. The molecule has 2 heteroatoms. The van der Waals surface area contributed by atoms with Gasteiger partial charge < -0.3 is 4.90 Å². The van der Waals surface area contributed by atoms with Crippen molar-refractivity contribution in [2.45, 2.75) is 19.8 Å². The zero-order valence-electron chi connectivity index (χ0n) is 8.79. The van der Waals surface area contributed by atoms with E-state index >= 15 is 0 Å². The van der Waals surface area contributed by atoms with Gasteiger partial charge in [0.2, 0.25) is 0 Å². The second kappa shape index (κ2) is 4.18. The normalized spacial score (nSPS) is 13.8. The Labute approximate surface area is 89.9 Å². The van der Waals surface area contributed by atoms with Crippen LogP contribution in [0.15, 0.2) is 24.3 Å². The van der Waals surface area contributed by atoms with Gasteiger partial charge in [0, 0.05) is 12.2 Å². The third-order valence-corrected chi connectivity index (χ3v) is 2.59. The summed E-state index contributed by atoms with van der Waals surface area (Å²) in [5.41, 5.74) is 2.27. The average Bonchev–Trinajstić information content (AvgIpc) is 2.28. The molecule has 15 heavy (non-hydrogen) atoms. The molecule has 0 aliphatic carbocycles. The van der Waals surface area contributed by atoms with Crippen LogP contribution in [-0.2, 0) is 11.2 Å². The molecule has 2 nitrogen and oxygen atoms in total. The second-order valence-corrected chi connectivity index (χ2v) is 3.56. The predicted octanol–water partition coefficient (Wildman–Crippen LogP) is 1.99. The molecule has 0 spiro atoms. The molecule has 0 fully saturated rings. The zero-order chi connectivity index (χ0) is 10.7. The fraction of sp³-hybridized carbons (Fsp3) is 0.308. The van der Waals surface area contributed by atoms with E-state index in [1.54, 1.807) is 11.8 Å². The Kier molecular flexibility index (Phi) is 2.73. The van der Waals surface area contributed by atoms with Gasteiger partial charge in [-0.05, 0) is 37.3 Å². The summed E-state index contributed by atoms with van der Waals surface area (Å²) < 4.78 is 0.